The molecule has 2 rings (SSSR count). The van der Waals surface area contributed by atoms with Gasteiger partial charge < -0.3 is 5.11 Å². The lowest BCUT2D eigenvalue weighted by Gasteiger charge is -2.26. The van der Waals surface area contributed by atoms with E-state index in [1.165, 1.54) is 12.8 Å². The van der Waals surface area contributed by atoms with Crippen LogP contribution in [-0.4, -0.2) is 29.7 Å². The van der Waals surface area contributed by atoms with Crippen molar-refractivity contribution in [3.05, 3.63) is 34.9 Å². The molecule has 1 unspecified atom stereocenters. The molecule has 1 aromatic rings. The minimum absolute atomic E-state index is 0.117. The maximum absolute atomic E-state index is 9.45. The maximum atomic E-state index is 9.45. The Morgan fingerprint density at radius 2 is 2.07 bits per heavy atom. The molecule has 1 aliphatic rings. The van der Waals surface area contributed by atoms with Crippen LogP contribution in [0.1, 0.15) is 24.4 Å². The number of rotatable bonds is 3. The quantitative estimate of drug-likeness (QED) is 0.855. The molecule has 1 heterocycles. The lowest BCUT2D eigenvalue weighted by Crippen LogP contribution is -2.28. The third-order valence-corrected chi connectivity index (χ3v) is 3.22. The van der Waals surface area contributed by atoms with Gasteiger partial charge in [-0.1, -0.05) is 23.7 Å². The van der Waals surface area contributed by atoms with E-state index in [0.717, 1.165) is 23.7 Å². The first-order valence-electron chi connectivity index (χ1n) is 5.41. The highest BCUT2D eigenvalue weighted by atomic mass is 35.5. The monoisotopic (exact) mass is 225 g/mol. The summed E-state index contributed by atoms with van der Waals surface area (Å²) < 4.78 is 0. The van der Waals surface area contributed by atoms with E-state index in [0.29, 0.717) is 0 Å². The van der Waals surface area contributed by atoms with Crippen LogP contribution in [0.15, 0.2) is 24.3 Å². The van der Waals surface area contributed by atoms with Gasteiger partial charge in [0, 0.05) is 5.02 Å². The van der Waals surface area contributed by atoms with Gasteiger partial charge in [-0.15, -0.1) is 0 Å². The number of aliphatic hydroxyl groups excluding tert-OH is 1. The largest absolute Gasteiger partial charge is 0.394 e. The summed E-state index contributed by atoms with van der Waals surface area (Å²) in [5, 5.41) is 10.2. The summed E-state index contributed by atoms with van der Waals surface area (Å²) >= 11 is 5.95. The van der Waals surface area contributed by atoms with E-state index < -0.39 is 0 Å². The molecule has 0 amide bonds. The number of nitrogens with zero attached hydrogens (tertiary/aromatic N) is 1. The Balaban J connectivity index is 2.18. The van der Waals surface area contributed by atoms with Crippen molar-refractivity contribution >= 4 is 11.6 Å². The fourth-order valence-electron chi connectivity index (χ4n) is 2.20. The minimum Gasteiger partial charge on any atom is -0.394 e. The van der Waals surface area contributed by atoms with Gasteiger partial charge in [-0.2, -0.15) is 0 Å². The number of hydrogen-bond acceptors (Lipinski definition) is 2. The highest BCUT2D eigenvalue weighted by Gasteiger charge is 2.22. The molecular weight excluding hydrogens is 210 g/mol. The highest BCUT2D eigenvalue weighted by molar-refractivity contribution is 6.30. The van der Waals surface area contributed by atoms with Gasteiger partial charge in [-0.05, 0) is 43.6 Å². The summed E-state index contributed by atoms with van der Waals surface area (Å²) in [4.78, 5) is 2.33. The van der Waals surface area contributed by atoms with Gasteiger partial charge in [-0.25, -0.2) is 0 Å². The number of hydrogen-bond donors (Lipinski definition) is 1. The molecule has 1 N–H and O–H groups in total. The molecule has 0 bridgehead atoms. The van der Waals surface area contributed by atoms with E-state index >= 15 is 0 Å². The van der Waals surface area contributed by atoms with Crippen molar-refractivity contribution in [1.29, 1.82) is 0 Å². The number of aliphatic hydroxyl groups is 1. The molecule has 15 heavy (non-hydrogen) atoms. The fourth-order valence-corrected chi connectivity index (χ4v) is 2.40. The molecule has 0 saturated carbocycles. The standard InChI is InChI=1S/C12H16ClNO/c13-11-5-3-4-10(8-11)12(9-15)14-6-1-2-7-14/h3-5,8,12,15H,1-2,6-7,9H2. The topological polar surface area (TPSA) is 23.5 Å². The second kappa shape index (κ2) is 4.97. The molecule has 1 atom stereocenters. The third kappa shape index (κ3) is 2.51. The van der Waals surface area contributed by atoms with E-state index in [2.05, 4.69) is 4.90 Å². The molecule has 0 aliphatic carbocycles. The van der Waals surface area contributed by atoms with Crippen molar-refractivity contribution in [1.82, 2.24) is 4.90 Å². The third-order valence-electron chi connectivity index (χ3n) is 2.99. The predicted octanol–water partition coefficient (Wildman–Crippen LogP) is 2.47. The van der Waals surface area contributed by atoms with Gasteiger partial charge in [0.15, 0.2) is 0 Å². The van der Waals surface area contributed by atoms with Gasteiger partial charge in [0.25, 0.3) is 0 Å². The summed E-state index contributed by atoms with van der Waals surface area (Å²) in [5.74, 6) is 0. The second-order valence-corrected chi connectivity index (χ2v) is 4.43. The molecule has 82 valence electrons. The summed E-state index contributed by atoms with van der Waals surface area (Å²) in [6, 6.07) is 7.90. The first-order chi connectivity index (χ1) is 7.31. The zero-order chi connectivity index (χ0) is 10.7. The van der Waals surface area contributed by atoms with Crippen LogP contribution in [0.4, 0.5) is 0 Å². The molecule has 1 saturated heterocycles. The normalized spacial score (nSPS) is 19.3. The van der Waals surface area contributed by atoms with Crippen LogP contribution < -0.4 is 0 Å². The van der Waals surface area contributed by atoms with E-state index in [9.17, 15) is 5.11 Å². The Morgan fingerprint density at radius 1 is 1.33 bits per heavy atom. The zero-order valence-corrected chi connectivity index (χ0v) is 9.45. The van der Waals surface area contributed by atoms with Crippen molar-refractivity contribution in [2.75, 3.05) is 19.7 Å². The average Bonchev–Trinajstić information content (AvgIpc) is 2.72. The van der Waals surface area contributed by atoms with E-state index in [1.807, 2.05) is 24.3 Å². The second-order valence-electron chi connectivity index (χ2n) is 4.00. The van der Waals surface area contributed by atoms with Crippen molar-refractivity contribution < 1.29 is 5.11 Å². The molecule has 0 aromatic heterocycles. The molecule has 1 aromatic carbocycles. The van der Waals surface area contributed by atoms with Gasteiger partial charge in [0.05, 0.1) is 12.6 Å². The predicted molar refractivity (Wildman–Crippen MR) is 62.1 cm³/mol. The SMILES string of the molecule is OCC(c1cccc(Cl)c1)N1CCCC1. The van der Waals surface area contributed by atoms with Crippen LogP contribution in [0.25, 0.3) is 0 Å². The van der Waals surface area contributed by atoms with E-state index in [4.69, 9.17) is 11.6 Å². The van der Waals surface area contributed by atoms with E-state index in [-0.39, 0.29) is 12.6 Å². The van der Waals surface area contributed by atoms with Gasteiger partial charge in [0.2, 0.25) is 0 Å². The Bertz CT molecular complexity index is 323. The lowest BCUT2D eigenvalue weighted by molar-refractivity contribution is 0.147. The highest BCUT2D eigenvalue weighted by Crippen LogP contribution is 2.26. The van der Waals surface area contributed by atoms with Crippen molar-refractivity contribution in [3.63, 3.8) is 0 Å². The van der Waals surface area contributed by atoms with Crippen LogP contribution in [0, 0.1) is 0 Å². The van der Waals surface area contributed by atoms with Crippen LogP contribution >= 0.6 is 11.6 Å². The fraction of sp³-hybridized carbons (Fsp3) is 0.500. The van der Waals surface area contributed by atoms with Crippen molar-refractivity contribution in [2.24, 2.45) is 0 Å². The average molecular weight is 226 g/mol. The smallest absolute Gasteiger partial charge is 0.0628 e. The number of benzene rings is 1. The van der Waals surface area contributed by atoms with Crippen LogP contribution in [0.3, 0.4) is 0 Å². The Hall–Kier alpha value is -0.570. The first-order valence-corrected chi connectivity index (χ1v) is 5.79. The summed E-state index contributed by atoms with van der Waals surface area (Å²) in [5.41, 5.74) is 1.12. The minimum atomic E-state index is 0.117. The van der Waals surface area contributed by atoms with Gasteiger partial charge >= 0.3 is 0 Å². The van der Waals surface area contributed by atoms with E-state index in [1.54, 1.807) is 0 Å². The Labute approximate surface area is 95.5 Å². The lowest BCUT2D eigenvalue weighted by atomic mass is 10.1. The Morgan fingerprint density at radius 3 is 2.67 bits per heavy atom. The summed E-state index contributed by atoms with van der Waals surface area (Å²) in [6.07, 6.45) is 2.47. The maximum Gasteiger partial charge on any atom is 0.0628 e. The van der Waals surface area contributed by atoms with Gasteiger partial charge in [0.1, 0.15) is 0 Å². The van der Waals surface area contributed by atoms with Crippen LogP contribution in [-0.2, 0) is 0 Å². The van der Waals surface area contributed by atoms with Crippen molar-refractivity contribution in [2.45, 2.75) is 18.9 Å². The number of halogens is 1. The summed E-state index contributed by atoms with van der Waals surface area (Å²) in [6.45, 7) is 2.33. The van der Waals surface area contributed by atoms with Gasteiger partial charge in [-0.3, -0.25) is 4.90 Å². The number of likely N-dealkylation sites (tertiary alicyclic amines) is 1. The van der Waals surface area contributed by atoms with Crippen LogP contribution in [0.5, 0.6) is 0 Å². The van der Waals surface area contributed by atoms with Crippen LogP contribution in [0.2, 0.25) is 5.02 Å². The molecule has 2 nitrogen and oxygen atoms in total. The first kappa shape index (κ1) is 10.9. The van der Waals surface area contributed by atoms with Crippen molar-refractivity contribution in [3.8, 4) is 0 Å². The molecule has 1 fully saturated rings. The molecule has 1 aliphatic heterocycles. The molecule has 0 radical (unpaired) electrons. The zero-order valence-electron chi connectivity index (χ0n) is 8.69. The molecule has 0 spiro atoms. The molecular formula is C12H16ClNO. The Kier molecular flexibility index (Phi) is 3.62. The summed E-state index contributed by atoms with van der Waals surface area (Å²) in [7, 11) is 0. The molecule has 3 heteroatoms.